The first-order valence-corrected chi connectivity index (χ1v) is 10.6. The van der Waals surface area contributed by atoms with Crippen molar-refractivity contribution in [1.29, 1.82) is 0 Å². The van der Waals surface area contributed by atoms with Gasteiger partial charge in [-0.15, -0.1) is 0 Å². The summed E-state index contributed by atoms with van der Waals surface area (Å²) >= 11 is 0. The Morgan fingerprint density at radius 1 is 1.00 bits per heavy atom. The van der Waals surface area contributed by atoms with Crippen molar-refractivity contribution in [3.05, 3.63) is 65.5 Å². The number of halogens is 1. The van der Waals surface area contributed by atoms with Gasteiger partial charge in [0.15, 0.2) is 0 Å². The lowest BCUT2D eigenvalue weighted by Gasteiger charge is -2.35. The highest BCUT2D eigenvalue weighted by molar-refractivity contribution is 5.99. The van der Waals surface area contributed by atoms with E-state index in [1.54, 1.807) is 12.1 Å². The van der Waals surface area contributed by atoms with E-state index in [1.165, 1.54) is 12.1 Å². The molecule has 3 rings (SSSR count). The van der Waals surface area contributed by atoms with Crippen LogP contribution >= 0.6 is 0 Å². The number of amides is 2. The van der Waals surface area contributed by atoms with Crippen molar-refractivity contribution in [1.82, 2.24) is 10.6 Å². The van der Waals surface area contributed by atoms with E-state index >= 15 is 0 Å². The molecule has 2 N–H and O–H groups in total. The molecule has 0 atom stereocenters. The maximum atomic E-state index is 13.8. The Balaban J connectivity index is 1.58. The van der Waals surface area contributed by atoms with Gasteiger partial charge in [0.2, 0.25) is 0 Å². The zero-order valence-electron chi connectivity index (χ0n) is 17.7. The van der Waals surface area contributed by atoms with E-state index in [9.17, 15) is 14.0 Å². The zero-order valence-corrected chi connectivity index (χ0v) is 17.7. The fourth-order valence-electron chi connectivity index (χ4n) is 3.68. The number of benzene rings is 2. The van der Waals surface area contributed by atoms with E-state index in [0.29, 0.717) is 18.0 Å². The SMILES string of the molecule is CC(C)CCNC(=O)c1ccccc1N1CCC(NC(=O)c2ccccc2F)CC1. The van der Waals surface area contributed by atoms with Crippen molar-refractivity contribution in [2.24, 2.45) is 5.92 Å². The van der Waals surface area contributed by atoms with Gasteiger partial charge in [-0.2, -0.15) is 0 Å². The lowest BCUT2D eigenvalue weighted by atomic mass is 10.0. The molecule has 2 aromatic rings. The predicted molar refractivity (Wildman–Crippen MR) is 117 cm³/mol. The van der Waals surface area contributed by atoms with E-state index in [-0.39, 0.29) is 23.4 Å². The number of carbonyl (C=O) groups excluding carboxylic acids is 2. The van der Waals surface area contributed by atoms with Crippen LogP contribution in [0.5, 0.6) is 0 Å². The van der Waals surface area contributed by atoms with Crippen LogP contribution in [0.4, 0.5) is 10.1 Å². The highest BCUT2D eigenvalue weighted by atomic mass is 19.1. The van der Waals surface area contributed by atoms with Gasteiger partial charge in [-0.05, 0) is 49.4 Å². The van der Waals surface area contributed by atoms with Gasteiger partial charge in [0.1, 0.15) is 5.82 Å². The highest BCUT2D eigenvalue weighted by Crippen LogP contribution is 2.24. The quantitative estimate of drug-likeness (QED) is 0.724. The van der Waals surface area contributed by atoms with Crippen LogP contribution in [0.1, 0.15) is 53.8 Å². The number of para-hydroxylation sites is 1. The summed E-state index contributed by atoms with van der Waals surface area (Å²) in [5, 5.41) is 5.95. The van der Waals surface area contributed by atoms with Crippen molar-refractivity contribution in [3.8, 4) is 0 Å². The Kier molecular flexibility index (Phi) is 7.44. The molecule has 0 aromatic heterocycles. The summed E-state index contributed by atoms with van der Waals surface area (Å²) in [6, 6.07) is 13.6. The van der Waals surface area contributed by atoms with Crippen LogP contribution < -0.4 is 15.5 Å². The van der Waals surface area contributed by atoms with E-state index in [0.717, 1.165) is 38.0 Å². The Morgan fingerprint density at radius 2 is 1.63 bits per heavy atom. The summed E-state index contributed by atoms with van der Waals surface area (Å²) in [7, 11) is 0. The van der Waals surface area contributed by atoms with Crippen LogP contribution in [0, 0.1) is 11.7 Å². The maximum absolute atomic E-state index is 13.8. The zero-order chi connectivity index (χ0) is 21.5. The minimum atomic E-state index is -0.509. The summed E-state index contributed by atoms with van der Waals surface area (Å²) in [4.78, 5) is 27.2. The minimum absolute atomic E-state index is 0.0135. The molecule has 2 amide bonds. The molecule has 0 bridgehead atoms. The van der Waals surface area contributed by atoms with E-state index in [1.807, 2.05) is 24.3 Å². The molecule has 0 radical (unpaired) electrons. The van der Waals surface area contributed by atoms with Crippen molar-refractivity contribution in [2.75, 3.05) is 24.5 Å². The summed E-state index contributed by atoms with van der Waals surface area (Å²) in [5.41, 5.74) is 1.66. The number of piperidine rings is 1. The molecule has 0 saturated carbocycles. The topological polar surface area (TPSA) is 61.4 Å². The third kappa shape index (κ3) is 5.59. The Hall–Kier alpha value is -2.89. The number of nitrogens with one attached hydrogen (secondary N) is 2. The minimum Gasteiger partial charge on any atom is -0.371 e. The lowest BCUT2D eigenvalue weighted by molar-refractivity contribution is 0.0925. The number of hydrogen-bond donors (Lipinski definition) is 2. The Bertz CT molecular complexity index is 876. The molecule has 1 fully saturated rings. The second kappa shape index (κ2) is 10.2. The molecular formula is C24H30FN3O2. The van der Waals surface area contributed by atoms with E-state index in [2.05, 4.69) is 29.4 Å². The fraction of sp³-hybridized carbons (Fsp3) is 0.417. The number of hydrogen-bond acceptors (Lipinski definition) is 3. The number of rotatable bonds is 7. The number of carbonyl (C=O) groups is 2. The molecule has 0 spiro atoms. The molecule has 1 saturated heterocycles. The van der Waals surface area contributed by atoms with E-state index < -0.39 is 5.82 Å². The average Bonchev–Trinajstić information content (AvgIpc) is 2.74. The van der Waals surface area contributed by atoms with Crippen LogP contribution in [0.3, 0.4) is 0 Å². The molecule has 0 aliphatic carbocycles. The van der Waals surface area contributed by atoms with Gasteiger partial charge in [0, 0.05) is 31.4 Å². The third-order valence-corrected chi connectivity index (χ3v) is 5.45. The summed E-state index contributed by atoms with van der Waals surface area (Å²) in [6.07, 6.45) is 2.42. The van der Waals surface area contributed by atoms with Crippen LogP contribution in [0.2, 0.25) is 0 Å². The van der Waals surface area contributed by atoms with Gasteiger partial charge < -0.3 is 15.5 Å². The van der Waals surface area contributed by atoms with Gasteiger partial charge in [0.05, 0.1) is 11.1 Å². The standard InChI is InChI=1S/C24H30FN3O2/c1-17(2)11-14-26-23(29)20-8-4-6-10-22(20)28-15-12-18(13-16-28)27-24(30)19-7-3-5-9-21(19)25/h3-10,17-18H,11-16H2,1-2H3,(H,26,29)(H,27,30). The normalized spacial score (nSPS) is 14.6. The Morgan fingerprint density at radius 3 is 2.30 bits per heavy atom. The maximum Gasteiger partial charge on any atom is 0.254 e. The third-order valence-electron chi connectivity index (χ3n) is 5.45. The number of anilines is 1. The van der Waals surface area contributed by atoms with Crippen molar-refractivity contribution < 1.29 is 14.0 Å². The Labute approximate surface area is 177 Å². The second-order valence-corrected chi connectivity index (χ2v) is 8.17. The average molecular weight is 412 g/mol. The monoisotopic (exact) mass is 411 g/mol. The van der Waals surface area contributed by atoms with Gasteiger partial charge in [-0.25, -0.2) is 4.39 Å². The van der Waals surface area contributed by atoms with Gasteiger partial charge >= 0.3 is 0 Å². The first-order valence-electron chi connectivity index (χ1n) is 10.6. The summed E-state index contributed by atoms with van der Waals surface area (Å²) in [6.45, 7) is 6.37. The van der Waals surface area contributed by atoms with Crippen LogP contribution in [-0.2, 0) is 0 Å². The van der Waals surface area contributed by atoms with Gasteiger partial charge in [-0.1, -0.05) is 38.1 Å². The van der Waals surface area contributed by atoms with Crippen molar-refractivity contribution >= 4 is 17.5 Å². The van der Waals surface area contributed by atoms with Gasteiger partial charge in [-0.3, -0.25) is 9.59 Å². The molecule has 160 valence electrons. The predicted octanol–water partition coefficient (Wildman–Crippen LogP) is 4.00. The molecule has 1 aliphatic rings. The largest absolute Gasteiger partial charge is 0.371 e. The second-order valence-electron chi connectivity index (χ2n) is 8.17. The molecule has 6 heteroatoms. The summed E-state index contributed by atoms with van der Waals surface area (Å²) < 4.78 is 13.8. The highest BCUT2D eigenvalue weighted by Gasteiger charge is 2.24. The first-order chi connectivity index (χ1) is 14.5. The molecule has 30 heavy (non-hydrogen) atoms. The molecule has 5 nitrogen and oxygen atoms in total. The first kappa shape index (κ1) is 21.8. The smallest absolute Gasteiger partial charge is 0.254 e. The molecule has 1 aliphatic heterocycles. The number of nitrogens with zero attached hydrogens (tertiary/aromatic N) is 1. The molecule has 1 heterocycles. The lowest BCUT2D eigenvalue weighted by Crippen LogP contribution is -2.45. The molecule has 0 unspecified atom stereocenters. The van der Waals surface area contributed by atoms with Crippen molar-refractivity contribution in [3.63, 3.8) is 0 Å². The summed E-state index contributed by atoms with van der Waals surface area (Å²) in [5.74, 6) is -0.401. The van der Waals surface area contributed by atoms with Crippen molar-refractivity contribution in [2.45, 2.75) is 39.2 Å². The van der Waals surface area contributed by atoms with Gasteiger partial charge in [0.25, 0.3) is 11.8 Å². The molecular weight excluding hydrogens is 381 g/mol. The van der Waals surface area contributed by atoms with Crippen LogP contribution in [0.25, 0.3) is 0 Å². The van der Waals surface area contributed by atoms with E-state index in [4.69, 9.17) is 0 Å². The fourth-order valence-corrected chi connectivity index (χ4v) is 3.68. The van der Waals surface area contributed by atoms with Crippen LogP contribution in [0.15, 0.2) is 48.5 Å². The van der Waals surface area contributed by atoms with Crippen LogP contribution in [-0.4, -0.2) is 37.5 Å². The molecule has 2 aromatic carbocycles.